The maximum atomic E-state index is 12.6. The SMILES string of the molecule is O=C(NCc1ccncc1)c1cccc(C(=O)Nc2ccc3c(c2)OCCO3)c1. The van der Waals surface area contributed by atoms with Gasteiger partial charge in [0.05, 0.1) is 0 Å². The van der Waals surface area contributed by atoms with Gasteiger partial charge in [-0.2, -0.15) is 0 Å². The quantitative estimate of drug-likeness (QED) is 0.700. The number of fused-ring (bicyclic) bond motifs is 1. The Bertz CT molecular complexity index is 1040. The van der Waals surface area contributed by atoms with Crippen molar-refractivity contribution in [2.45, 2.75) is 6.54 Å². The second-order valence-corrected chi connectivity index (χ2v) is 6.43. The number of amides is 2. The fourth-order valence-corrected chi connectivity index (χ4v) is 2.91. The minimum Gasteiger partial charge on any atom is -0.486 e. The number of carbonyl (C=O) groups is 2. The van der Waals surface area contributed by atoms with Gasteiger partial charge in [-0.1, -0.05) is 6.07 Å². The second-order valence-electron chi connectivity index (χ2n) is 6.43. The van der Waals surface area contributed by atoms with Crippen LogP contribution in [0.1, 0.15) is 26.3 Å². The maximum absolute atomic E-state index is 12.6. The lowest BCUT2D eigenvalue weighted by Crippen LogP contribution is -2.23. The van der Waals surface area contributed by atoms with Crippen molar-refractivity contribution in [2.24, 2.45) is 0 Å². The van der Waals surface area contributed by atoms with Crippen LogP contribution in [0.15, 0.2) is 67.0 Å². The largest absolute Gasteiger partial charge is 0.486 e. The van der Waals surface area contributed by atoms with Crippen molar-refractivity contribution in [3.63, 3.8) is 0 Å². The monoisotopic (exact) mass is 389 g/mol. The number of rotatable bonds is 5. The van der Waals surface area contributed by atoms with Crippen molar-refractivity contribution < 1.29 is 19.1 Å². The van der Waals surface area contributed by atoms with Crippen LogP contribution in [0.3, 0.4) is 0 Å². The average molecular weight is 389 g/mol. The first-order chi connectivity index (χ1) is 14.2. The van der Waals surface area contributed by atoms with Gasteiger partial charge in [0.2, 0.25) is 0 Å². The van der Waals surface area contributed by atoms with Gasteiger partial charge in [0.1, 0.15) is 13.2 Å². The van der Waals surface area contributed by atoms with E-state index in [2.05, 4.69) is 15.6 Å². The van der Waals surface area contributed by atoms with Crippen molar-refractivity contribution in [3.05, 3.63) is 83.7 Å². The molecule has 0 atom stereocenters. The summed E-state index contributed by atoms with van der Waals surface area (Å²) in [5, 5.41) is 5.66. The zero-order valence-electron chi connectivity index (χ0n) is 15.6. The number of pyridine rings is 1. The highest BCUT2D eigenvalue weighted by atomic mass is 16.6. The van der Waals surface area contributed by atoms with E-state index in [0.717, 1.165) is 5.56 Å². The van der Waals surface area contributed by atoms with Crippen LogP contribution in [0.5, 0.6) is 11.5 Å². The van der Waals surface area contributed by atoms with Crippen molar-refractivity contribution in [1.29, 1.82) is 0 Å². The molecule has 4 rings (SSSR count). The van der Waals surface area contributed by atoms with E-state index in [0.29, 0.717) is 48.1 Å². The van der Waals surface area contributed by atoms with Gasteiger partial charge in [-0.05, 0) is 48.0 Å². The summed E-state index contributed by atoms with van der Waals surface area (Å²) < 4.78 is 11.0. The Balaban J connectivity index is 1.42. The molecule has 0 saturated heterocycles. The van der Waals surface area contributed by atoms with E-state index in [4.69, 9.17) is 9.47 Å². The van der Waals surface area contributed by atoms with E-state index in [1.165, 1.54) is 0 Å². The van der Waals surface area contributed by atoms with Crippen LogP contribution in [-0.4, -0.2) is 30.0 Å². The number of benzene rings is 2. The number of hydrogen-bond acceptors (Lipinski definition) is 5. The summed E-state index contributed by atoms with van der Waals surface area (Å²) in [5.74, 6) is 0.682. The molecule has 7 nitrogen and oxygen atoms in total. The smallest absolute Gasteiger partial charge is 0.255 e. The van der Waals surface area contributed by atoms with Gasteiger partial charge in [-0.25, -0.2) is 0 Å². The highest BCUT2D eigenvalue weighted by molar-refractivity contribution is 6.06. The van der Waals surface area contributed by atoms with E-state index in [-0.39, 0.29) is 11.8 Å². The highest BCUT2D eigenvalue weighted by Crippen LogP contribution is 2.32. The maximum Gasteiger partial charge on any atom is 0.255 e. The minimum absolute atomic E-state index is 0.254. The normalized spacial score (nSPS) is 12.1. The first kappa shape index (κ1) is 18.5. The third-order valence-electron chi connectivity index (χ3n) is 4.39. The van der Waals surface area contributed by atoms with Crippen LogP contribution in [-0.2, 0) is 6.54 Å². The summed E-state index contributed by atoms with van der Waals surface area (Å²) >= 11 is 0. The zero-order valence-corrected chi connectivity index (χ0v) is 15.6. The Morgan fingerprint density at radius 2 is 1.59 bits per heavy atom. The standard InChI is InChI=1S/C22H19N3O4/c26-21(24-14-15-6-8-23-9-7-15)16-2-1-3-17(12-16)22(27)25-18-4-5-19-20(13-18)29-11-10-28-19/h1-9,12-13H,10-11,14H2,(H,24,26)(H,25,27). The van der Waals surface area contributed by atoms with Crippen molar-refractivity contribution in [1.82, 2.24) is 10.3 Å². The third kappa shape index (κ3) is 4.52. The summed E-state index contributed by atoms with van der Waals surface area (Å²) in [6, 6.07) is 15.5. The van der Waals surface area contributed by atoms with E-state index in [9.17, 15) is 9.59 Å². The zero-order chi connectivity index (χ0) is 20.1. The number of ether oxygens (including phenoxy) is 2. The highest BCUT2D eigenvalue weighted by Gasteiger charge is 2.14. The molecule has 0 spiro atoms. The summed E-state index contributed by atoms with van der Waals surface area (Å²) in [6.07, 6.45) is 3.34. The lowest BCUT2D eigenvalue weighted by atomic mass is 10.1. The Kier molecular flexibility index (Phi) is 5.38. The first-order valence-electron chi connectivity index (χ1n) is 9.17. The van der Waals surface area contributed by atoms with Crippen molar-refractivity contribution in [3.8, 4) is 11.5 Å². The van der Waals surface area contributed by atoms with Gasteiger partial charge in [-0.3, -0.25) is 14.6 Å². The molecule has 1 aliphatic rings. The number of nitrogens with zero attached hydrogens (tertiary/aromatic N) is 1. The van der Waals surface area contributed by atoms with E-state index in [1.807, 2.05) is 12.1 Å². The van der Waals surface area contributed by atoms with Gasteiger partial charge < -0.3 is 20.1 Å². The van der Waals surface area contributed by atoms with E-state index >= 15 is 0 Å². The summed E-state index contributed by atoms with van der Waals surface area (Å²) in [4.78, 5) is 29.0. The van der Waals surface area contributed by atoms with E-state index < -0.39 is 0 Å². The number of aromatic nitrogens is 1. The van der Waals surface area contributed by atoms with Crippen molar-refractivity contribution >= 4 is 17.5 Å². The lowest BCUT2D eigenvalue weighted by molar-refractivity contribution is 0.0951. The predicted octanol–water partition coefficient (Wildman–Crippen LogP) is 3.04. The first-order valence-corrected chi connectivity index (χ1v) is 9.17. The molecule has 0 unspecified atom stereocenters. The molecular weight excluding hydrogens is 370 g/mol. The average Bonchev–Trinajstić information content (AvgIpc) is 2.78. The molecule has 2 N–H and O–H groups in total. The Labute approximate surface area is 167 Å². The molecule has 1 aliphatic heterocycles. The van der Waals surface area contributed by atoms with Gasteiger partial charge in [-0.15, -0.1) is 0 Å². The van der Waals surface area contributed by atoms with Crippen LogP contribution >= 0.6 is 0 Å². The summed E-state index contributed by atoms with van der Waals surface area (Å²) in [7, 11) is 0. The molecule has 0 radical (unpaired) electrons. The number of nitrogens with one attached hydrogen (secondary N) is 2. The molecule has 2 amide bonds. The number of hydrogen-bond donors (Lipinski definition) is 2. The molecule has 0 bridgehead atoms. The number of carbonyl (C=O) groups excluding carboxylic acids is 2. The minimum atomic E-state index is -0.314. The molecule has 7 heteroatoms. The fraction of sp³-hybridized carbons (Fsp3) is 0.136. The molecule has 3 aromatic rings. The molecular formula is C22H19N3O4. The molecule has 1 aromatic heterocycles. The summed E-state index contributed by atoms with van der Waals surface area (Å²) in [5.41, 5.74) is 2.33. The van der Waals surface area contributed by atoms with Gasteiger partial charge in [0.15, 0.2) is 11.5 Å². The summed E-state index contributed by atoms with van der Waals surface area (Å²) in [6.45, 7) is 1.37. The molecule has 0 fully saturated rings. The number of anilines is 1. The second kappa shape index (κ2) is 8.43. The van der Waals surface area contributed by atoms with Crippen molar-refractivity contribution in [2.75, 3.05) is 18.5 Å². The topological polar surface area (TPSA) is 89.6 Å². The molecule has 0 aliphatic carbocycles. The molecule has 2 heterocycles. The van der Waals surface area contributed by atoms with Crippen LogP contribution < -0.4 is 20.1 Å². The fourth-order valence-electron chi connectivity index (χ4n) is 2.91. The van der Waals surface area contributed by atoms with Crippen LogP contribution in [0.4, 0.5) is 5.69 Å². The Morgan fingerprint density at radius 1 is 0.862 bits per heavy atom. The van der Waals surface area contributed by atoms with Crippen LogP contribution in [0, 0.1) is 0 Å². The lowest BCUT2D eigenvalue weighted by Gasteiger charge is -2.19. The van der Waals surface area contributed by atoms with Crippen LogP contribution in [0.25, 0.3) is 0 Å². The van der Waals surface area contributed by atoms with Gasteiger partial charge in [0.25, 0.3) is 11.8 Å². The van der Waals surface area contributed by atoms with Gasteiger partial charge in [0, 0.05) is 41.8 Å². The van der Waals surface area contributed by atoms with E-state index in [1.54, 1.807) is 54.9 Å². The third-order valence-corrected chi connectivity index (χ3v) is 4.39. The molecule has 0 saturated carbocycles. The molecule has 29 heavy (non-hydrogen) atoms. The molecule has 2 aromatic carbocycles. The van der Waals surface area contributed by atoms with Crippen LogP contribution in [0.2, 0.25) is 0 Å². The Morgan fingerprint density at radius 3 is 2.38 bits per heavy atom. The molecule has 146 valence electrons. The predicted molar refractivity (Wildman–Crippen MR) is 107 cm³/mol. The van der Waals surface area contributed by atoms with Gasteiger partial charge >= 0.3 is 0 Å². The Hall–Kier alpha value is -3.87.